The molecule has 1 fully saturated rings. The van der Waals surface area contributed by atoms with Crippen LogP contribution in [-0.2, 0) is 0 Å². The van der Waals surface area contributed by atoms with E-state index in [-0.39, 0.29) is 0 Å². The third-order valence-electron chi connectivity index (χ3n) is 3.36. The predicted octanol–water partition coefficient (Wildman–Crippen LogP) is 1.27. The summed E-state index contributed by atoms with van der Waals surface area (Å²) >= 11 is 0. The van der Waals surface area contributed by atoms with Gasteiger partial charge in [0.1, 0.15) is 23.7 Å². The Morgan fingerprint density at radius 2 is 1.90 bits per heavy atom. The van der Waals surface area contributed by atoms with E-state index in [4.69, 9.17) is 4.52 Å². The van der Waals surface area contributed by atoms with Gasteiger partial charge in [-0.2, -0.15) is 0 Å². The van der Waals surface area contributed by atoms with Gasteiger partial charge < -0.3 is 19.6 Å². The van der Waals surface area contributed by atoms with E-state index in [1.165, 1.54) is 0 Å². The summed E-state index contributed by atoms with van der Waals surface area (Å²) in [6.07, 6.45) is 1.57. The molecular weight excluding hydrogens is 256 g/mol. The number of nitrogens with one attached hydrogen (secondary N) is 1. The molecule has 1 saturated heterocycles. The van der Waals surface area contributed by atoms with Gasteiger partial charge in [0.05, 0.1) is 0 Å². The van der Waals surface area contributed by atoms with E-state index < -0.39 is 0 Å². The zero-order valence-corrected chi connectivity index (χ0v) is 11.7. The number of piperazine rings is 1. The van der Waals surface area contributed by atoms with E-state index in [2.05, 4.69) is 37.3 Å². The highest BCUT2D eigenvalue weighted by Crippen LogP contribution is 2.19. The summed E-state index contributed by atoms with van der Waals surface area (Å²) in [6, 6.07) is 3.77. The summed E-state index contributed by atoms with van der Waals surface area (Å²) in [5.41, 5.74) is 0. The largest absolute Gasteiger partial charge is 0.360 e. The first-order chi connectivity index (χ1) is 9.70. The molecule has 0 radical (unpaired) electrons. The lowest BCUT2D eigenvalue weighted by atomic mass is 10.3. The van der Waals surface area contributed by atoms with Gasteiger partial charge in [-0.1, -0.05) is 5.16 Å². The average molecular weight is 274 g/mol. The van der Waals surface area contributed by atoms with Crippen molar-refractivity contribution in [1.29, 1.82) is 0 Å². The second-order valence-corrected chi connectivity index (χ2v) is 5.00. The molecule has 0 spiro atoms. The highest BCUT2D eigenvalue weighted by atomic mass is 16.5. The van der Waals surface area contributed by atoms with Crippen LogP contribution in [0, 0.1) is 6.92 Å². The zero-order chi connectivity index (χ0) is 13.9. The van der Waals surface area contributed by atoms with E-state index in [0.717, 1.165) is 43.6 Å². The Hall–Kier alpha value is -2.15. The molecular formula is C13H18N6O. The van der Waals surface area contributed by atoms with Crippen molar-refractivity contribution in [1.82, 2.24) is 20.0 Å². The molecule has 7 nitrogen and oxygen atoms in total. The third kappa shape index (κ3) is 2.88. The summed E-state index contributed by atoms with van der Waals surface area (Å²) in [6.45, 7) is 5.92. The van der Waals surface area contributed by atoms with Gasteiger partial charge in [0.15, 0.2) is 5.82 Å². The summed E-state index contributed by atoms with van der Waals surface area (Å²) < 4.78 is 5.02. The average Bonchev–Trinajstić information content (AvgIpc) is 2.85. The first kappa shape index (κ1) is 12.9. The number of likely N-dealkylation sites (N-methyl/N-ethyl adjacent to an activating group) is 1. The minimum absolute atomic E-state index is 0.658. The maximum atomic E-state index is 5.02. The second kappa shape index (κ2) is 5.46. The molecule has 20 heavy (non-hydrogen) atoms. The number of anilines is 3. The molecule has 0 atom stereocenters. The molecule has 0 unspecified atom stereocenters. The van der Waals surface area contributed by atoms with Crippen molar-refractivity contribution in [3.05, 3.63) is 24.2 Å². The molecule has 106 valence electrons. The normalized spacial score (nSPS) is 16.4. The topological polar surface area (TPSA) is 70.3 Å². The molecule has 3 rings (SSSR count). The Morgan fingerprint density at radius 1 is 1.10 bits per heavy atom. The van der Waals surface area contributed by atoms with Gasteiger partial charge in [-0.25, -0.2) is 9.97 Å². The summed E-state index contributed by atoms with van der Waals surface area (Å²) in [5, 5.41) is 7.02. The molecule has 2 aromatic rings. The standard InChI is InChI=1S/C13H18N6O/c1-10-7-12(17-20-10)16-11-8-13(15-9-14-11)19-5-3-18(2)4-6-19/h7-9H,3-6H2,1-2H3,(H,14,15,16,17). The Balaban J connectivity index is 1.72. The number of hydrogen-bond acceptors (Lipinski definition) is 7. The van der Waals surface area contributed by atoms with Crippen LogP contribution in [0.1, 0.15) is 5.76 Å². The van der Waals surface area contributed by atoms with Crippen molar-refractivity contribution >= 4 is 17.5 Å². The van der Waals surface area contributed by atoms with Crippen LogP contribution < -0.4 is 10.2 Å². The van der Waals surface area contributed by atoms with Gasteiger partial charge in [0, 0.05) is 38.3 Å². The first-order valence-corrected chi connectivity index (χ1v) is 6.66. The Bertz CT molecular complexity index is 576. The minimum Gasteiger partial charge on any atom is -0.360 e. The molecule has 3 heterocycles. The smallest absolute Gasteiger partial charge is 0.175 e. The van der Waals surface area contributed by atoms with Gasteiger partial charge in [0.25, 0.3) is 0 Å². The highest BCUT2D eigenvalue weighted by molar-refractivity contribution is 5.56. The summed E-state index contributed by atoms with van der Waals surface area (Å²) in [5.74, 6) is 3.09. The number of hydrogen-bond donors (Lipinski definition) is 1. The van der Waals surface area contributed by atoms with Crippen molar-refractivity contribution < 1.29 is 4.52 Å². The van der Waals surface area contributed by atoms with Crippen LogP contribution in [0.25, 0.3) is 0 Å². The van der Waals surface area contributed by atoms with Gasteiger partial charge in [-0.15, -0.1) is 0 Å². The number of aromatic nitrogens is 3. The Kier molecular flexibility index (Phi) is 3.51. The van der Waals surface area contributed by atoms with Gasteiger partial charge in [-0.3, -0.25) is 0 Å². The van der Waals surface area contributed by atoms with Crippen molar-refractivity contribution in [3.63, 3.8) is 0 Å². The fourth-order valence-electron chi connectivity index (χ4n) is 2.18. The van der Waals surface area contributed by atoms with E-state index in [1.807, 2.05) is 19.1 Å². The van der Waals surface area contributed by atoms with Crippen molar-refractivity contribution in [3.8, 4) is 0 Å². The summed E-state index contributed by atoms with van der Waals surface area (Å²) in [7, 11) is 2.14. The zero-order valence-electron chi connectivity index (χ0n) is 11.7. The van der Waals surface area contributed by atoms with Crippen LogP contribution in [0.3, 0.4) is 0 Å². The molecule has 1 aliphatic heterocycles. The van der Waals surface area contributed by atoms with Crippen molar-refractivity contribution in [2.24, 2.45) is 0 Å². The Morgan fingerprint density at radius 3 is 2.60 bits per heavy atom. The fraction of sp³-hybridized carbons (Fsp3) is 0.462. The van der Waals surface area contributed by atoms with E-state index in [1.54, 1.807) is 6.33 Å². The van der Waals surface area contributed by atoms with Gasteiger partial charge >= 0.3 is 0 Å². The highest BCUT2D eigenvalue weighted by Gasteiger charge is 2.15. The quantitative estimate of drug-likeness (QED) is 0.903. The van der Waals surface area contributed by atoms with Crippen LogP contribution in [0.4, 0.5) is 17.5 Å². The van der Waals surface area contributed by atoms with Crippen LogP contribution in [0.2, 0.25) is 0 Å². The van der Waals surface area contributed by atoms with Gasteiger partial charge in [-0.05, 0) is 14.0 Å². The lowest BCUT2D eigenvalue weighted by Crippen LogP contribution is -2.44. The lowest BCUT2D eigenvalue weighted by molar-refractivity contribution is 0.312. The molecule has 0 amide bonds. The molecule has 2 aromatic heterocycles. The van der Waals surface area contributed by atoms with Crippen LogP contribution in [0.5, 0.6) is 0 Å². The van der Waals surface area contributed by atoms with Crippen LogP contribution in [0.15, 0.2) is 23.0 Å². The molecule has 0 saturated carbocycles. The van der Waals surface area contributed by atoms with Gasteiger partial charge in [0.2, 0.25) is 0 Å². The lowest BCUT2D eigenvalue weighted by Gasteiger charge is -2.33. The maximum absolute atomic E-state index is 5.02. The second-order valence-electron chi connectivity index (χ2n) is 5.00. The molecule has 0 aliphatic carbocycles. The number of rotatable bonds is 3. The first-order valence-electron chi connectivity index (χ1n) is 6.66. The SMILES string of the molecule is Cc1cc(Nc2cc(N3CCN(C)CC3)ncn2)no1. The molecule has 0 bridgehead atoms. The summed E-state index contributed by atoms with van der Waals surface area (Å²) in [4.78, 5) is 13.1. The minimum atomic E-state index is 0.658. The van der Waals surface area contributed by atoms with E-state index >= 15 is 0 Å². The monoisotopic (exact) mass is 274 g/mol. The molecule has 1 aliphatic rings. The third-order valence-corrected chi connectivity index (χ3v) is 3.36. The van der Waals surface area contributed by atoms with Crippen LogP contribution in [-0.4, -0.2) is 53.3 Å². The van der Waals surface area contributed by atoms with Crippen molar-refractivity contribution in [2.75, 3.05) is 43.4 Å². The number of nitrogens with zero attached hydrogens (tertiary/aromatic N) is 5. The molecule has 7 heteroatoms. The molecule has 1 N–H and O–H groups in total. The van der Waals surface area contributed by atoms with Crippen LogP contribution >= 0.6 is 0 Å². The number of aryl methyl sites for hydroxylation is 1. The van der Waals surface area contributed by atoms with E-state index in [0.29, 0.717) is 5.82 Å². The molecule has 0 aromatic carbocycles. The maximum Gasteiger partial charge on any atom is 0.175 e. The van der Waals surface area contributed by atoms with Crippen molar-refractivity contribution in [2.45, 2.75) is 6.92 Å². The Labute approximate surface area is 117 Å². The predicted molar refractivity (Wildman–Crippen MR) is 76.3 cm³/mol. The van der Waals surface area contributed by atoms with E-state index in [9.17, 15) is 0 Å². The fourth-order valence-corrected chi connectivity index (χ4v) is 2.18.